The predicted octanol–water partition coefficient (Wildman–Crippen LogP) is 4.35. The second kappa shape index (κ2) is 9.63. The van der Waals surface area contributed by atoms with Gasteiger partial charge < -0.3 is 15.5 Å². The van der Waals surface area contributed by atoms with Gasteiger partial charge in [-0.3, -0.25) is 9.69 Å². The summed E-state index contributed by atoms with van der Waals surface area (Å²) in [7, 11) is 3.36. The van der Waals surface area contributed by atoms with E-state index >= 15 is 0 Å². The number of amides is 1. The number of nitrogens with zero attached hydrogens (tertiary/aromatic N) is 2. The van der Waals surface area contributed by atoms with E-state index in [1.165, 1.54) is 24.5 Å². The van der Waals surface area contributed by atoms with Crippen LogP contribution in [0, 0.1) is 5.92 Å². The maximum atomic E-state index is 13.9. The highest BCUT2D eigenvalue weighted by Crippen LogP contribution is 2.37. The zero-order valence-electron chi connectivity index (χ0n) is 19.1. The van der Waals surface area contributed by atoms with Crippen molar-refractivity contribution < 1.29 is 18.0 Å². The minimum atomic E-state index is -4.61. The van der Waals surface area contributed by atoms with E-state index < -0.39 is 18.1 Å². The number of para-hydroxylation sites is 1. The van der Waals surface area contributed by atoms with Gasteiger partial charge in [0, 0.05) is 50.7 Å². The highest BCUT2D eigenvalue weighted by molar-refractivity contribution is 5.82. The molecule has 1 fully saturated rings. The molecule has 1 atom stereocenters. The van der Waals surface area contributed by atoms with Crippen LogP contribution in [0.25, 0.3) is 0 Å². The van der Waals surface area contributed by atoms with Crippen LogP contribution in [0.2, 0.25) is 0 Å². The van der Waals surface area contributed by atoms with Crippen molar-refractivity contribution in [2.75, 3.05) is 43.9 Å². The summed E-state index contributed by atoms with van der Waals surface area (Å²) in [6.07, 6.45) is -1.11. The molecule has 1 amide bonds. The van der Waals surface area contributed by atoms with Crippen LogP contribution in [-0.4, -0.2) is 50.7 Å². The van der Waals surface area contributed by atoms with Crippen LogP contribution in [0.1, 0.15) is 35.6 Å². The zero-order valence-corrected chi connectivity index (χ0v) is 19.1. The number of fused-ring (bicyclic) bond motifs is 1. The standard InChI is InChI=1S/C25H31F3N4O/c1-31(2)22-9-4-3-7-20(22)24(25(26,27)28)30-23(33)14-29-21-8-5-6-18-16-32(13-12-19(18)21)15-17-10-11-17/h3-9,17,24,29H,10-16H2,1-2H3,(H,30,33). The quantitative estimate of drug-likeness (QED) is 0.615. The normalized spacial score (nSPS) is 17.2. The van der Waals surface area contributed by atoms with Gasteiger partial charge in [0.25, 0.3) is 0 Å². The number of nitrogens with one attached hydrogen (secondary N) is 2. The number of carbonyl (C=O) groups excluding carboxylic acids is 1. The van der Waals surface area contributed by atoms with Gasteiger partial charge in [-0.15, -0.1) is 0 Å². The summed E-state index contributed by atoms with van der Waals surface area (Å²) >= 11 is 0. The molecule has 2 aromatic rings. The van der Waals surface area contributed by atoms with Crippen molar-refractivity contribution in [2.24, 2.45) is 5.92 Å². The lowest BCUT2D eigenvalue weighted by atomic mass is 9.97. The van der Waals surface area contributed by atoms with Gasteiger partial charge in [0.1, 0.15) is 0 Å². The molecular weight excluding hydrogens is 429 g/mol. The Bertz CT molecular complexity index is 988. The van der Waals surface area contributed by atoms with E-state index in [-0.39, 0.29) is 12.1 Å². The first kappa shape index (κ1) is 23.4. The van der Waals surface area contributed by atoms with Crippen molar-refractivity contribution in [3.05, 3.63) is 59.2 Å². The molecule has 2 aliphatic rings. The van der Waals surface area contributed by atoms with E-state index in [4.69, 9.17) is 0 Å². The van der Waals surface area contributed by atoms with Crippen molar-refractivity contribution in [3.8, 4) is 0 Å². The van der Waals surface area contributed by atoms with Crippen molar-refractivity contribution in [1.29, 1.82) is 0 Å². The molecule has 1 unspecified atom stereocenters. The Hall–Kier alpha value is -2.74. The molecule has 0 saturated heterocycles. The number of alkyl halides is 3. The molecular formula is C25H31F3N4O. The summed E-state index contributed by atoms with van der Waals surface area (Å²) < 4.78 is 41.6. The highest BCUT2D eigenvalue weighted by Gasteiger charge is 2.43. The van der Waals surface area contributed by atoms with Gasteiger partial charge in [0.2, 0.25) is 5.91 Å². The smallest absolute Gasteiger partial charge is 0.377 e. The molecule has 0 bridgehead atoms. The summed E-state index contributed by atoms with van der Waals surface area (Å²) in [6, 6.07) is 10.1. The fourth-order valence-electron chi connectivity index (χ4n) is 4.52. The average Bonchev–Trinajstić information content (AvgIpc) is 3.59. The lowest BCUT2D eigenvalue weighted by Crippen LogP contribution is -2.41. The summed E-state index contributed by atoms with van der Waals surface area (Å²) in [4.78, 5) is 16.7. The summed E-state index contributed by atoms with van der Waals surface area (Å²) in [5.41, 5.74) is 3.64. The van der Waals surface area contributed by atoms with Crippen LogP contribution < -0.4 is 15.5 Å². The molecule has 0 radical (unpaired) electrons. The molecule has 2 N–H and O–H groups in total. The molecule has 1 aliphatic carbocycles. The first-order valence-electron chi connectivity index (χ1n) is 11.4. The first-order valence-corrected chi connectivity index (χ1v) is 11.4. The molecule has 5 nitrogen and oxygen atoms in total. The van der Waals surface area contributed by atoms with Crippen LogP contribution in [0.5, 0.6) is 0 Å². The van der Waals surface area contributed by atoms with Crippen molar-refractivity contribution in [2.45, 2.75) is 38.0 Å². The first-order chi connectivity index (χ1) is 15.7. The molecule has 1 saturated carbocycles. The van der Waals surface area contributed by atoms with Crippen LogP contribution in [-0.2, 0) is 17.8 Å². The minimum absolute atomic E-state index is 0.0243. The SMILES string of the molecule is CN(C)c1ccccc1C(NC(=O)CNc1cccc2c1CCN(CC1CC1)C2)C(F)(F)F. The van der Waals surface area contributed by atoms with E-state index in [2.05, 4.69) is 21.6 Å². The molecule has 4 rings (SSSR count). The number of hydrogen-bond donors (Lipinski definition) is 2. The van der Waals surface area contributed by atoms with Gasteiger partial charge in [-0.1, -0.05) is 30.3 Å². The minimum Gasteiger partial charge on any atom is -0.377 e. The third-order valence-electron chi connectivity index (χ3n) is 6.36. The van der Waals surface area contributed by atoms with Gasteiger partial charge in [-0.25, -0.2) is 0 Å². The largest absolute Gasteiger partial charge is 0.412 e. The Balaban J connectivity index is 1.42. The van der Waals surface area contributed by atoms with Gasteiger partial charge in [0.15, 0.2) is 6.04 Å². The van der Waals surface area contributed by atoms with Gasteiger partial charge in [-0.05, 0) is 48.4 Å². The predicted molar refractivity (Wildman–Crippen MR) is 124 cm³/mol. The number of benzene rings is 2. The summed E-state index contributed by atoms with van der Waals surface area (Å²) in [5, 5.41) is 5.27. The number of rotatable bonds is 8. The fraction of sp³-hybridized carbons (Fsp3) is 0.480. The van der Waals surface area contributed by atoms with Gasteiger partial charge in [0.05, 0.1) is 6.54 Å². The average molecular weight is 461 g/mol. The van der Waals surface area contributed by atoms with E-state index in [9.17, 15) is 18.0 Å². The molecule has 8 heteroatoms. The Morgan fingerprint density at radius 1 is 1.15 bits per heavy atom. The van der Waals surface area contributed by atoms with Crippen LogP contribution in [0.3, 0.4) is 0 Å². The van der Waals surface area contributed by atoms with E-state index in [1.54, 1.807) is 37.2 Å². The van der Waals surface area contributed by atoms with Gasteiger partial charge >= 0.3 is 6.18 Å². The Kier molecular flexibility index (Phi) is 6.83. The third-order valence-corrected chi connectivity index (χ3v) is 6.36. The Morgan fingerprint density at radius 3 is 2.61 bits per heavy atom. The topological polar surface area (TPSA) is 47.6 Å². The van der Waals surface area contributed by atoms with Crippen LogP contribution in [0.4, 0.5) is 24.5 Å². The molecule has 33 heavy (non-hydrogen) atoms. The number of halogens is 3. The summed E-state index contributed by atoms with van der Waals surface area (Å²) in [6.45, 7) is 2.75. The van der Waals surface area contributed by atoms with Crippen molar-refractivity contribution in [1.82, 2.24) is 10.2 Å². The molecule has 178 valence electrons. The van der Waals surface area contributed by atoms with Crippen LogP contribution >= 0.6 is 0 Å². The number of anilines is 2. The Morgan fingerprint density at radius 2 is 1.91 bits per heavy atom. The van der Waals surface area contributed by atoms with Crippen LogP contribution in [0.15, 0.2) is 42.5 Å². The maximum absolute atomic E-state index is 13.9. The molecule has 1 aliphatic heterocycles. The maximum Gasteiger partial charge on any atom is 0.412 e. The number of hydrogen-bond acceptors (Lipinski definition) is 4. The Labute approximate surface area is 192 Å². The van der Waals surface area contributed by atoms with Gasteiger partial charge in [-0.2, -0.15) is 13.2 Å². The second-order valence-electron chi connectivity index (χ2n) is 9.22. The van der Waals surface area contributed by atoms with Crippen molar-refractivity contribution >= 4 is 17.3 Å². The lowest BCUT2D eigenvalue weighted by molar-refractivity contribution is -0.162. The zero-order chi connectivity index (χ0) is 23.6. The molecule has 0 aromatic heterocycles. The lowest BCUT2D eigenvalue weighted by Gasteiger charge is -2.30. The molecule has 2 aromatic carbocycles. The van der Waals surface area contributed by atoms with E-state index in [0.717, 1.165) is 43.2 Å². The van der Waals surface area contributed by atoms with E-state index in [0.29, 0.717) is 5.69 Å². The third kappa shape index (κ3) is 5.79. The monoisotopic (exact) mass is 460 g/mol. The number of carbonyl (C=O) groups is 1. The summed E-state index contributed by atoms with van der Waals surface area (Å²) in [5.74, 6) is 0.130. The van der Waals surface area contributed by atoms with Crippen molar-refractivity contribution in [3.63, 3.8) is 0 Å². The van der Waals surface area contributed by atoms with E-state index in [1.807, 2.05) is 12.1 Å². The highest BCUT2D eigenvalue weighted by atomic mass is 19.4. The second-order valence-corrected chi connectivity index (χ2v) is 9.22. The fourth-order valence-corrected chi connectivity index (χ4v) is 4.52. The molecule has 1 heterocycles. The molecule has 0 spiro atoms.